The predicted octanol–water partition coefficient (Wildman–Crippen LogP) is 0.838. The molecule has 0 spiro atoms. The summed E-state index contributed by atoms with van der Waals surface area (Å²) in [7, 11) is 5.70. The highest BCUT2D eigenvalue weighted by Gasteiger charge is 2.24. The summed E-state index contributed by atoms with van der Waals surface area (Å²) in [5.41, 5.74) is 0. The molecular weight excluding hydrogens is 250 g/mol. The zero-order valence-electron chi connectivity index (χ0n) is 12.1. The molecule has 0 fully saturated rings. The highest BCUT2D eigenvalue weighted by molar-refractivity contribution is 5.76. The molecule has 0 amide bonds. The number of carboxylic acids is 1. The van der Waals surface area contributed by atoms with E-state index in [9.17, 15) is 14.4 Å². The lowest BCUT2D eigenvalue weighted by Crippen LogP contribution is -2.43. The maximum absolute atomic E-state index is 11.6. The van der Waals surface area contributed by atoms with Crippen LogP contribution in [0.4, 0.5) is 0 Å². The van der Waals surface area contributed by atoms with Crippen LogP contribution in [0.2, 0.25) is 0 Å². The minimum atomic E-state index is -0.991. The van der Waals surface area contributed by atoms with Crippen LogP contribution < -0.4 is 0 Å². The van der Waals surface area contributed by atoms with E-state index in [4.69, 9.17) is 9.84 Å². The van der Waals surface area contributed by atoms with Crippen LogP contribution in [-0.4, -0.2) is 61.1 Å². The van der Waals surface area contributed by atoms with Crippen LogP contribution in [0.5, 0.6) is 0 Å². The number of hydrogen-bond donors (Lipinski definition) is 1. The normalized spacial score (nSPS) is 12.8. The summed E-state index contributed by atoms with van der Waals surface area (Å²) < 4.78 is 5.69. The summed E-state index contributed by atoms with van der Waals surface area (Å²) in [6.07, 6.45) is 0.0926. The Morgan fingerprint density at radius 3 is 2.16 bits per heavy atom. The maximum Gasteiger partial charge on any atom is 0.307 e. The van der Waals surface area contributed by atoms with Gasteiger partial charge in [0.05, 0.1) is 27.6 Å². The summed E-state index contributed by atoms with van der Waals surface area (Å²) in [5, 5.41) is 8.80. The fourth-order valence-corrected chi connectivity index (χ4v) is 1.68. The Morgan fingerprint density at radius 1 is 1.16 bits per heavy atom. The number of rotatable bonds is 9. The monoisotopic (exact) mass is 274 g/mol. The molecule has 0 aliphatic heterocycles. The van der Waals surface area contributed by atoms with Crippen molar-refractivity contribution in [1.29, 1.82) is 0 Å². The molecule has 0 radical (unpaired) electrons. The van der Waals surface area contributed by atoms with E-state index in [-0.39, 0.29) is 18.6 Å². The average molecular weight is 274 g/mol. The molecule has 0 rings (SSSR count). The molecule has 0 aromatic rings. The number of carbonyl (C=O) groups is 3. The van der Waals surface area contributed by atoms with E-state index in [0.717, 1.165) is 0 Å². The number of nitrogens with zero attached hydrogens (tertiary/aromatic N) is 1. The van der Waals surface area contributed by atoms with Gasteiger partial charge in [-0.25, -0.2) is 0 Å². The van der Waals surface area contributed by atoms with Gasteiger partial charge in [-0.15, -0.1) is 0 Å². The Bertz CT molecular complexity index is 332. The molecule has 0 aliphatic rings. The largest absolute Gasteiger partial charge is 0.481 e. The molecule has 6 nitrogen and oxygen atoms in total. The van der Waals surface area contributed by atoms with Gasteiger partial charge in [0, 0.05) is 12.8 Å². The Balaban J connectivity index is 4.26. The highest BCUT2D eigenvalue weighted by atomic mass is 16.5. The smallest absolute Gasteiger partial charge is 0.307 e. The second-order valence-electron chi connectivity index (χ2n) is 5.74. The number of quaternary nitrogens is 1. The summed E-state index contributed by atoms with van der Waals surface area (Å²) >= 11 is 0. The number of ketones is 1. The SMILES string of the molecule is CC(=O)CCCC(=O)OC(CC(=O)O)C[N+](C)(C)C. The first-order valence-electron chi connectivity index (χ1n) is 6.31. The second kappa shape index (κ2) is 7.89. The van der Waals surface area contributed by atoms with Gasteiger partial charge in [-0.3, -0.25) is 9.59 Å². The lowest BCUT2D eigenvalue weighted by Gasteiger charge is -2.28. The first-order chi connectivity index (χ1) is 8.60. The minimum absolute atomic E-state index is 0.0289. The standard InChI is InChI=1S/C13H23NO5/c1-10(15)6-5-7-13(18)19-11(8-12(16)17)9-14(2,3)4/h11H,5-9H2,1-4H3/p+1. The maximum atomic E-state index is 11.6. The molecule has 6 heteroatoms. The molecule has 1 N–H and O–H groups in total. The molecule has 19 heavy (non-hydrogen) atoms. The fraction of sp³-hybridized carbons (Fsp3) is 0.769. The van der Waals surface area contributed by atoms with E-state index in [1.165, 1.54) is 6.92 Å². The van der Waals surface area contributed by atoms with Gasteiger partial charge in [0.15, 0.2) is 6.10 Å². The van der Waals surface area contributed by atoms with Crippen molar-refractivity contribution < 1.29 is 28.7 Å². The van der Waals surface area contributed by atoms with Crippen molar-refractivity contribution in [3.63, 3.8) is 0 Å². The lowest BCUT2D eigenvalue weighted by atomic mass is 10.2. The number of likely N-dealkylation sites (N-methyl/N-ethyl adjacent to an activating group) is 1. The van der Waals surface area contributed by atoms with Crippen LogP contribution >= 0.6 is 0 Å². The first-order valence-corrected chi connectivity index (χ1v) is 6.31. The van der Waals surface area contributed by atoms with Crippen LogP contribution in [0.1, 0.15) is 32.6 Å². The molecule has 0 saturated carbocycles. The average Bonchev–Trinajstić information content (AvgIpc) is 2.12. The summed E-state index contributed by atoms with van der Waals surface area (Å²) in [6, 6.07) is 0. The first kappa shape index (κ1) is 17.6. The van der Waals surface area contributed by atoms with Crippen molar-refractivity contribution in [2.45, 2.75) is 38.7 Å². The molecule has 0 aromatic heterocycles. The molecule has 0 bridgehead atoms. The third kappa shape index (κ3) is 11.4. The number of carboxylic acid groups (broad SMARTS) is 1. The van der Waals surface area contributed by atoms with E-state index >= 15 is 0 Å². The van der Waals surface area contributed by atoms with E-state index < -0.39 is 18.0 Å². The van der Waals surface area contributed by atoms with Gasteiger partial charge in [0.2, 0.25) is 0 Å². The molecule has 0 heterocycles. The number of ether oxygens (including phenoxy) is 1. The molecule has 0 aliphatic carbocycles. The molecular formula is C13H24NO5+. The molecule has 1 atom stereocenters. The summed E-state index contributed by atoms with van der Waals surface area (Å²) in [4.78, 5) is 33.1. The molecule has 0 saturated heterocycles. The Morgan fingerprint density at radius 2 is 1.74 bits per heavy atom. The summed E-state index contributed by atoms with van der Waals surface area (Å²) in [5.74, 6) is -1.41. The number of hydrogen-bond acceptors (Lipinski definition) is 4. The number of Topliss-reactive ketones (excluding diaryl/α,β-unsaturated/α-hetero) is 1. The topological polar surface area (TPSA) is 80.7 Å². The van der Waals surface area contributed by atoms with E-state index in [1.54, 1.807) is 0 Å². The number of aliphatic carboxylic acids is 1. The van der Waals surface area contributed by atoms with E-state index in [0.29, 0.717) is 23.9 Å². The zero-order valence-corrected chi connectivity index (χ0v) is 12.1. The van der Waals surface area contributed by atoms with E-state index in [2.05, 4.69) is 0 Å². The van der Waals surface area contributed by atoms with Gasteiger partial charge in [0.25, 0.3) is 0 Å². The third-order valence-electron chi connectivity index (χ3n) is 2.36. The third-order valence-corrected chi connectivity index (χ3v) is 2.36. The molecule has 1 unspecified atom stereocenters. The van der Waals surface area contributed by atoms with Gasteiger partial charge in [0.1, 0.15) is 12.3 Å². The van der Waals surface area contributed by atoms with Crippen molar-refractivity contribution in [2.24, 2.45) is 0 Å². The van der Waals surface area contributed by atoms with Crippen LogP contribution in [0, 0.1) is 0 Å². The predicted molar refractivity (Wildman–Crippen MR) is 69.6 cm³/mol. The second-order valence-corrected chi connectivity index (χ2v) is 5.74. The van der Waals surface area contributed by atoms with Crippen molar-refractivity contribution in [1.82, 2.24) is 0 Å². The minimum Gasteiger partial charge on any atom is -0.481 e. The van der Waals surface area contributed by atoms with Crippen LogP contribution in [0.15, 0.2) is 0 Å². The Labute approximate surface area is 113 Å². The van der Waals surface area contributed by atoms with Crippen LogP contribution in [0.3, 0.4) is 0 Å². The van der Waals surface area contributed by atoms with Gasteiger partial charge in [-0.1, -0.05) is 0 Å². The van der Waals surface area contributed by atoms with Gasteiger partial charge in [-0.05, 0) is 13.3 Å². The summed E-state index contributed by atoms with van der Waals surface area (Å²) in [6.45, 7) is 1.90. The zero-order chi connectivity index (χ0) is 15.1. The Hall–Kier alpha value is -1.43. The number of esters is 1. The van der Waals surface area contributed by atoms with E-state index in [1.807, 2.05) is 21.1 Å². The van der Waals surface area contributed by atoms with Crippen molar-refractivity contribution in [2.75, 3.05) is 27.7 Å². The van der Waals surface area contributed by atoms with Crippen molar-refractivity contribution in [3.8, 4) is 0 Å². The fourth-order valence-electron chi connectivity index (χ4n) is 1.68. The van der Waals surface area contributed by atoms with Crippen LogP contribution in [0.25, 0.3) is 0 Å². The van der Waals surface area contributed by atoms with Gasteiger partial charge >= 0.3 is 11.9 Å². The molecule has 110 valence electrons. The van der Waals surface area contributed by atoms with Crippen LogP contribution in [-0.2, 0) is 19.1 Å². The highest BCUT2D eigenvalue weighted by Crippen LogP contribution is 2.08. The van der Waals surface area contributed by atoms with Crippen molar-refractivity contribution >= 4 is 17.7 Å². The number of carbonyl (C=O) groups excluding carboxylic acids is 2. The quantitative estimate of drug-likeness (QED) is 0.498. The Kier molecular flexibility index (Phi) is 7.29. The lowest BCUT2D eigenvalue weighted by molar-refractivity contribution is -0.873. The van der Waals surface area contributed by atoms with Gasteiger partial charge in [-0.2, -0.15) is 0 Å². The van der Waals surface area contributed by atoms with Crippen molar-refractivity contribution in [3.05, 3.63) is 0 Å². The molecule has 0 aromatic carbocycles. The van der Waals surface area contributed by atoms with Gasteiger partial charge < -0.3 is 19.1 Å².